The Kier molecular flexibility index (Phi) is 4.61. The predicted molar refractivity (Wildman–Crippen MR) is 81.2 cm³/mol. The highest BCUT2D eigenvalue weighted by Crippen LogP contribution is 2.21. The second-order valence-electron chi connectivity index (χ2n) is 6.37. The van der Waals surface area contributed by atoms with Gasteiger partial charge in [-0.25, -0.2) is 0 Å². The molecule has 0 radical (unpaired) electrons. The van der Waals surface area contributed by atoms with E-state index in [1.807, 2.05) is 32.9 Å². The van der Waals surface area contributed by atoms with Crippen molar-refractivity contribution in [3.8, 4) is 0 Å². The fourth-order valence-electron chi connectivity index (χ4n) is 2.89. The van der Waals surface area contributed by atoms with E-state index >= 15 is 0 Å². The molecule has 0 saturated carbocycles. The van der Waals surface area contributed by atoms with Gasteiger partial charge in [0.15, 0.2) is 5.78 Å². The van der Waals surface area contributed by atoms with Crippen molar-refractivity contribution in [2.75, 3.05) is 19.6 Å². The van der Waals surface area contributed by atoms with Gasteiger partial charge in [-0.2, -0.15) is 0 Å². The number of benzene rings is 1. The van der Waals surface area contributed by atoms with Crippen LogP contribution in [0, 0.1) is 13.8 Å². The highest BCUT2D eigenvalue weighted by molar-refractivity contribution is 5.98. The Balaban J connectivity index is 2.01. The van der Waals surface area contributed by atoms with Crippen molar-refractivity contribution in [1.82, 2.24) is 4.90 Å². The van der Waals surface area contributed by atoms with Gasteiger partial charge in [0, 0.05) is 12.1 Å². The summed E-state index contributed by atoms with van der Waals surface area (Å²) in [6, 6.07) is 5.98. The largest absolute Gasteiger partial charge is 0.390 e. The van der Waals surface area contributed by atoms with Crippen LogP contribution in [0.3, 0.4) is 0 Å². The second kappa shape index (κ2) is 6.06. The summed E-state index contributed by atoms with van der Waals surface area (Å²) in [6.45, 7) is 8.07. The molecule has 1 aliphatic heterocycles. The molecule has 3 nitrogen and oxygen atoms in total. The summed E-state index contributed by atoms with van der Waals surface area (Å²) in [5.41, 5.74) is 2.49. The molecule has 3 heteroatoms. The molecular formula is C17H25NO2. The minimum atomic E-state index is -0.572. The van der Waals surface area contributed by atoms with Crippen molar-refractivity contribution in [3.05, 3.63) is 34.9 Å². The van der Waals surface area contributed by atoms with E-state index in [9.17, 15) is 9.90 Å². The van der Waals surface area contributed by atoms with Gasteiger partial charge in [0.05, 0.1) is 12.1 Å². The molecule has 1 unspecified atom stereocenters. The molecule has 0 amide bonds. The first-order valence-electron chi connectivity index (χ1n) is 7.43. The number of rotatable bonds is 3. The lowest BCUT2D eigenvalue weighted by atomic mass is 9.98. The Bertz CT molecular complexity index is 494. The van der Waals surface area contributed by atoms with E-state index in [0.29, 0.717) is 6.54 Å². The molecule has 1 aromatic carbocycles. The van der Waals surface area contributed by atoms with Gasteiger partial charge in [-0.1, -0.05) is 23.8 Å². The second-order valence-corrected chi connectivity index (χ2v) is 6.37. The molecule has 1 heterocycles. The van der Waals surface area contributed by atoms with Crippen molar-refractivity contribution in [2.24, 2.45) is 0 Å². The van der Waals surface area contributed by atoms with Crippen LogP contribution in [0.25, 0.3) is 0 Å². The van der Waals surface area contributed by atoms with Crippen LogP contribution < -0.4 is 0 Å². The molecule has 0 aromatic heterocycles. The van der Waals surface area contributed by atoms with Crippen LogP contribution in [0.2, 0.25) is 0 Å². The maximum atomic E-state index is 12.4. The fraction of sp³-hybridized carbons (Fsp3) is 0.588. The number of Topliss-reactive ketones (excluding diaryl/α,β-unsaturated/α-hetero) is 1. The zero-order valence-electron chi connectivity index (χ0n) is 12.8. The first-order chi connectivity index (χ1) is 9.37. The van der Waals surface area contributed by atoms with Gasteiger partial charge in [0.2, 0.25) is 0 Å². The molecule has 1 aromatic rings. The maximum Gasteiger partial charge on any atom is 0.177 e. The third-order valence-corrected chi connectivity index (χ3v) is 4.21. The van der Waals surface area contributed by atoms with E-state index in [2.05, 4.69) is 11.0 Å². The quantitative estimate of drug-likeness (QED) is 0.862. The number of nitrogens with zero attached hydrogens (tertiary/aromatic N) is 1. The summed E-state index contributed by atoms with van der Waals surface area (Å²) >= 11 is 0. The van der Waals surface area contributed by atoms with Crippen LogP contribution in [0.15, 0.2) is 18.2 Å². The third kappa shape index (κ3) is 3.90. The standard InChI is InChI=1S/C17H25NO2/c1-13-5-6-15(14(2)11-13)16(19)12-18-9-4-7-17(3,20)8-10-18/h5-6,11,20H,4,7-10,12H2,1-3H3. The lowest BCUT2D eigenvalue weighted by Crippen LogP contribution is -2.32. The fourth-order valence-corrected chi connectivity index (χ4v) is 2.89. The van der Waals surface area contributed by atoms with Crippen molar-refractivity contribution >= 4 is 5.78 Å². The van der Waals surface area contributed by atoms with Crippen molar-refractivity contribution < 1.29 is 9.90 Å². The van der Waals surface area contributed by atoms with E-state index in [1.54, 1.807) is 0 Å². The summed E-state index contributed by atoms with van der Waals surface area (Å²) < 4.78 is 0. The monoisotopic (exact) mass is 275 g/mol. The molecule has 1 N–H and O–H groups in total. The maximum absolute atomic E-state index is 12.4. The van der Waals surface area contributed by atoms with Crippen molar-refractivity contribution in [1.29, 1.82) is 0 Å². The Morgan fingerprint density at radius 3 is 2.75 bits per heavy atom. The van der Waals surface area contributed by atoms with Gasteiger partial charge in [-0.05, 0) is 52.1 Å². The first kappa shape index (κ1) is 15.2. The molecule has 0 spiro atoms. The van der Waals surface area contributed by atoms with Gasteiger partial charge in [-0.3, -0.25) is 9.69 Å². The van der Waals surface area contributed by atoms with Gasteiger partial charge in [0.1, 0.15) is 0 Å². The first-order valence-corrected chi connectivity index (χ1v) is 7.43. The van der Waals surface area contributed by atoms with E-state index < -0.39 is 5.60 Å². The van der Waals surface area contributed by atoms with E-state index in [1.165, 1.54) is 5.56 Å². The average molecular weight is 275 g/mol. The Morgan fingerprint density at radius 2 is 2.05 bits per heavy atom. The van der Waals surface area contributed by atoms with E-state index in [-0.39, 0.29) is 5.78 Å². The smallest absolute Gasteiger partial charge is 0.177 e. The van der Waals surface area contributed by atoms with Crippen LogP contribution in [0.5, 0.6) is 0 Å². The molecule has 1 atom stereocenters. The number of aliphatic hydroxyl groups is 1. The zero-order chi connectivity index (χ0) is 14.8. The molecule has 2 rings (SSSR count). The Hall–Kier alpha value is -1.19. The van der Waals surface area contributed by atoms with Crippen LogP contribution in [0.4, 0.5) is 0 Å². The van der Waals surface area contributed by atoms with E-state index in [0.717, 1.165) is 43.5 Å². The predicted octanol–water partition coefficient (Wildman–Crippen LogP) is 2.72. The number of hydrogen-bond donors (Lipinski definition) is 1. The Labute approximate surface area is 121 Å². The SMILES string of the molecule is Cc1ccc(C(=O)CN2CCCC(C)(O)CC2)c(C)c1. The minimum Gasteiger partial charge on any atom is -0.390 e. The van der Waals surface area contributed by atoms with Crippen LogP contribution in [0.1, 0.15) is 47.7 Å². The lowest BCUT2D eigenvalue weighted by Gasteiger charge is -2.22. The summed E-state index contributed by atoms with van der Waals surface area (Å²) in [7, 11) is 0. The van der Waals surface area contributed by atoms with Gasteiger partial charge in [0.25, 0.3) is 0 Å². The molecule has 1 fully saturated rings. The van der Waals surface area contributed by atoms with Crippen LogP contribution in [-0.2, 0) is 0 Å². The number of hydrogen-bond acceptors (Lipinski definition) is 3. The van der Waals surface area contributed by atoms with Crippen molar-refractivity contribution in [3.63, 3.8) is 0 Å². The molecule has 0 bridgehead atoms. The summed E-state index contributed by atoms with van der Waals surface area (Å²) in [6.07, 6.45) is 2.52. The molecule has 20 heavy (non-hydrogen) atoms. The molecule has 110 valence electrons. The van der Waals surface area contributed by atoms with Crippen molar-refractivity contribution in [2.45, 2.75) is 45.6 Å². The number of aryl methyl sites for hydroxylation is 2. The summed E-state index contributed by atoms with van der Waals surface area (Å²) in [5.74, 6) is 0.184. The zero-order valence-corrected chi connectivity index (χ0v) is 12.8. The topological polar surface area (TPSA) is 40.5 Å². The average Bonchev–Trinajstić information content (AvgIpc) is 2.51. The molecule has 1 aliphatic rings. The minimum absolute atomic E-state index is 0.184. The number of likely N-dealkylation sites (tertiary alicyclic amines) is 1. The highest BCUT2D eigenvalue weighted by Gasteiger charge is 2.26. The normalized spacial score (nSPS) is 24.4. The van der Waals surface area contributed by atoms with E-state index in [4.69, 9.17) is 0 Å². The molecule has 1 saturated heterocycles. The third-order valence-electron chi connectivity index (χ3n) is 4.21. The van der Waals surface area contributed by atoms with Gasteiger partial charge < -0.3 is 5.11 Å². The van der Waals surface area contributed by atoms with Gasteiger partial charge in [-0.15, -0.1) is 0 Å². The van der Waals surface area contributed by atoms with Crippen LogP contribution >= 0.6 is 0 Å². The highest BCUT2D eigenvalue weighted by atomic mass is 16.3. The number of carbonyl (C=O) groups excluding carboxylic acids is 1. The Morgan fingerprint density at radius 1 is 1.30 bits per heavy atom. The number of carbonyl (C=O) groups is 1. The lowest BCUT2D eigenvalue weighted by molar-refractivity contribution is 0.0444. The summed E-state index contributed by atoms with van der Waals surface area (Å²) in [5, 5.41) is 10.1. The molecular weight excluding hydrogens is 250 g/mol. The number of ketones is 1. The van der Waals surface area contributed by atoms with Crippen LogP contribution in [-0.4, -0.2) is 41.0 Å². The summed E-state index contributed by atoms with van der Waals surface area (Å²) in [4.78, 5) is 14.6. The van der Waals surface area contributed by atoms with Gasteiger partial charge >= 0.3 is 0 Å². The molecule has 0 aliphatic carbocycles.